The van der Waals surface area contributed by atoms with Crippen LogP contribution in [0.3, 0.4) is 0 Å². The Morgan fingerprint density at radius 3 is 2.17 bits per heavy atom. The Morgan fingerprint density at radius 1 is 1.28 bits per heavy atom. The van der Waals surface area contributed by atoms with Crippen molar-refractivity contribution in [2.75, 3.05) is 0 Å². The van der Waals surface area contributed by atoms with E-state index >= 15 is 0 Å². The van der Waals surface area contributed by atoms with Gasteiger partial charge in [-0.2, -0.15) is 13.2 Å². The Hall–Kier alpha value is -1.63. The number of non-ortho nitro benzene ring substituents is 1. The van der Waals surface area contributed by atoms with Gasteiger partial charge in [-0.05, 0) is 31.9 Å². The lowest BCUT2D eigenvalue weighted by Gasteiger charge is -2.28. The minimum atomic E-state index is -4.90. The SMILES string of the molecule is Cc1cc([N+](=O)[O-])cc(C(C)(O)C(F)(F)F)c1C. The van der Waals surface area contributed by atoms with E-state index in [9.17, 15) is 28.4 Å². The molecular weight excluding hydrogens is 251 g/mol. The second-order valence-corrected chi connectivity index (χ2v) is 4.26. The lowest BCUT2D eigenvalue weighted by Crippen LogP contribution is -2.40. The van der Waals surface area contributed by atoms with Gasteiger partial charge in [-0.3, -0.25) is 10.1 Å². The van der Waals surface area contributed by atoms with Crippen LogP contribution in [-0.2, 0) is 5.60 Å². The van der Waals surface area contributed by atoms with Crippen molar-refractivity contribution in [2.45, 2.75) is 32.5 Å². The molecule has 1 aromatic carbocycles. The summed E-state index contributed by atoms with van der Waals surface area (Å²) >= 11 is 0. The number of nitrogens with zero attached hydrogens (tertiary/aromatic N) is 1. The van der Waals surface area contributed by atoms with Crippen LogP contribution in [0.5, 0.6) is 0 Å². The predicted octanol–water partition coefficient (Wildman–Crippen LogP) is 2.98. The molecule has 0 amide bonds. The zero-order chi connectivity index (χ0) is 14.3. The van der Waals surface area contributed by atoms with E-state index in [1.54, 1.807) is 0 Å². The van der Waals surface area contributed by atoms with Crippen molar-refractivity contribution in [1.29, 1.82) is 0 Å². The molecule has 100 valence electrons. The molecule has 1 aromatic rings. The summed E-state index contributed by atoms with van der Waals surface area (Å²) in [5.74, 6) is 0. The molecule has 0 aliphatic carbocycles. The van der Waals surface area contributed by atoms with Crippen molar-refractivity contribution < 1.29 is 23.2 Å². The molecule has 0 bridgehead atoms. The minimum Gasteiger partial charge on any atom is -0.376 e. The van der Waals surface area contributed by atoms with Crippen molar-refractivity contribution in [3.63, 3.8) is 0 Å². The molecule has 0 spiro atoms. The molecule has 4 nitrogen and oxygen atoms in total. The maximum atomic E-state index is 12.7. The highest BCUT2D eigenvalue weighted by Crippen LogP contribution is 2.41. The maximum Gasteiger partial charge on any atom is 0.421 e. The van der Waals surface area contributed by atoms with E-state index in [0.29, 0.717) is 12.5 Å². The van der Waals surface area contributed by atoms with Crippen LogP contribution in [0, 0.1) is 24.0 Å². The third-order valence-electron chi connectivity index (χ3n) is 2.94. The molecule has 0 aliphatic heterocycles. The van der Waals surface area contributed by atoms with Gasteiger partial charge in [0.1, 0.15) is 0 Å². The first-order valence-electron chi connectivity index (χ1n) is 5.03. The van der Waals surface area contributed by atoms with E-state index in [0.717, 1.165) is 6.07 Å². The fourth-order valence-electron chi connectivity index (χ4n) is 1.60. The van der Waals surface area contributed by atoms with Gasteiger partial charge in [0.05, 0.1) is 4.92 Å². The van der Waals surface area contributed by atoms with Gasteiger partial charge in [0.25, 0.3) is 5.69 Å². The average Bonchev–Trinajstić information content (AvgIpc) is 2.19. The smallest absolute Gasteiger partial charge is 0.376 e. The number of aliphatic hydroxyl groups is 1. The molecule has 0 saturated carbocycles. The van der Waals surface area contributed by atoms with Crippen LogP contribution in [0.15, 0.2) is 12.1 Å². The van der Waals surface area contributed by atoms with Crippen molar-refractivity contribution in [2.24, 2.45) is 0 Å². The number of hydrogen-bond donors (Lipinski definition) is 1. The van der Waals surface area contributed by atoms with Crippen LogP contribution in [0.4, 0.5) is 18.9 Å². The molecule has 1 N–H and O–H groups in total. The Kier molecular flexibility index (Phi) is 3.40. The topological polar surface area (TPSA) is 63.4 Å². The molecule has 0 aliphatic rings. The van der Waals surface area contributed by atoms with E-state index in [2.05, 4.69) is 0 Å². The van der Waals surface area contributed by atoms with Gasteiger partial charge in [-0.15, -0.1) is 0 Å². The molecule has 1 unspecified atom stereocenters. The first-order valence-corrected chi connectivity index (χ1v) is 5.03. The van der Waals surface area contributed by atoms with Gasteiger partial charge < -0.3 is 5.11 Å². The molecule has 0 radical (unpaired) electrons. The van der Waals surface area contributed by atoms with E-state index in [4.69, 9.17) is 0 Å². The zero-order valence-electron chi connectivity index (χ0n) is 10.00. The summed E-state index contributed by atoms with van der Waals surface area (Å²) in [6.45, 7) is 3.42. The minimum absolute atomic E-state index is 0.183. The number of aryl methyl sites for hydroxylation is 1. The summed E-state index contributed by atoms with van der Waals surface area (Å²) in [5.41, 5.74) is -3.58. The Labute approximate surface area is 101 Å². The second-order valence-electron chi connectivity index (χ2n) is 4.26. The Bertz CT molecular complexity index is 495. The molecule has 0 aromatic heterocycles. The van der Waals surface area contributed by atoms with Crippen molar-refractivity contribution >= 4 is 5.69 Å². The standard InChI is InChI=1S/C11H12F3NO3/c1-6-4-8(15(17)18)5-9(7(6)2)10(3,16)11(12,13)14/h4-5,16H,1-3H3. The highest BCUT2D eigenvalue weighted by Gasteiger charge is 2.52. The second kappa shape index (κ2) is 4.24. The quantitative estimate of drug-likeness (QED) is 0.659. The fraction of sp³-hybridized carbons (Fsp3) is 0.455. The molecule has 0 fully saturated rings. The summed E-state index contributed by atoms with van der Waals surface area (Å²) in [6, 6.07) is 1.93. The highest BCUT2D eigenvalue weighted by atomic mass is 19.4. The van der Waals surface area contributed by atoms with Gasteiger partial charge in [-0.25, -0.2) is 0 Å². The van der Waals surface area contributed by atoms with Gasteiger partial charge in [0.15, 0.2) is 5.60 Å². The highest BCUT2D eigenvalue weighted by molar-refractivity contribution is 5.47. The van der Waals surface area contributed by atoms with Crippen LogP contribution < -0.4 is 0 Å². The van der Waals surface area contributed by atoms with Gasteiger partial charge in [0, 0.05) is 17.7 Å². The summed E-state index contributed by atoms with van der Waals surface area (Å²) in [5, 5.41) is 20.2. The van der Waals surface area contributed by atoms with Crippen LogP contribution >= 0.6 is 0 Å². The van der Waals surface area contributed by atoms with Crippen LogP contribution in [0.2, 0.25) is 0 Å². The number of halogens is 3. The third-order valence-corrected chi connectivity index (χ3v) is 2.94. The van der Waals surface area contributed by atoms with Gasteiger partial charge in [-0.1, -0.05) is 0 Å². The lowest BCUT2D eigenvalue weighted by molar-refractivity contribution is -0.385. The first-order chi connectivity index (χ1) is 7.98. The molecule has 18 heavy (non-hydrogen) atoms. The van der Waals surface area contributed by atoms with Crippen molar-refractivity contribution in [1.82, 2.24) is 0 Å². The molecule has 1 rings (SSSR count). The van der Waals surface area contributed by atoms with Gasteiger partial charge >= 0.3 is 6.18 Å². The summed E-state index contributed by atoms with van der Waals surface area (Å²) < 4.78 is 38.2. The Balaban J connectivity index is 3.54. The molecule has 7 heteroatoms. The number of rotatable bonds is 2. The predicted molar refractivity (Wildman–Crippen MR) is 58.2 cm³/mol. The number of nitro groups is 1. The van der Waals surface area contributed by atoms with E-state index in [-0.39, 0.29) is 5.56 Å². The van der Waals surface area contributed by atoms with E-state index in [1.807, 2.05) is 0 Å². The lowest BCUT2D eigenvalue weighted by atomic mass is 9.88. The van der Waals surface area contributed by atoms with Crippen molar-refractivity contribution in [3.8, 4) is 0 Å². The first kappa shape index (κ1) is 14.4. The van der Waals surface area contributed by atoms with Gasteiger partial charge in [0.2, 0.25) is 0 Å². The largest absolute Gasteiger partial charge is 0.421 e. The number of hydrogen-bond acceptors (Lipinski definition) is 3. The number of benzene rings is 1. The normalized spacial score (nSPS) is 15.3. The van der Waals surface area contributed by atoms with Crippen LogP contribution in [0.25, 0.3) is 0 Å². The maximum absolute atomic E-state index is 12.7. The molecular formula is C11H12F3NO3. The summed E-state index contributed by atoms with van der Waals surface area (Å²) in [4.78, 5) is 9.85. The monoisotopic (exact) mass is 263 g/mol. The molecule has 0 heterocycles. The Morgan fingerprint density at radius 2 is 1.78 bits per heavy atom. The van der Waals surface area contributed by atoms with E-state index in [1.165, 1.54) is 19.9 Å². The molecule has 1 atom stereocenters. The van der Waals surface area contributed by atoms with Crippen LogP contribution in [0.1, 0.15) is 23.6 Å². The summed E-state index contributed by atoms with van der Waals surface area (Å²) in [7, 11) is 0. The molecule has 0 saturated heterocycles. The van der Waals surface area contributed by atoms with Crippen LogP contribution in [-0.4, -0.2) is 16.2 Å². The average molecular weight is 263 g/mol. The van der Waals surface area contributed by atoms with E-state index < -0.39 is 28.0 Å². The zero-order valence-corrected chi connectivity index (χ0v) is 10.00. The fourth-order valence-corrected chi connectivity index (χ4v) is 1.60. The third kappa shape index (κ3) is 2.31. The van der Waals surface area contributed by atoms with Crippen molar-refractivity contribution in [3.05, 3.63) is 38.9 Å². The number of nitro benzene ring substituents is 1. The number of alkyl halides is 3. The summed E-state index contributed by atoms with van der Waals surface area (Å²) in [6.07, 6.45) is -4.90.